The highest BCUT2D eigenvalue weighted by atomic mass is 35.5. The summed E-state index contributed by atoms with van der Waals surface area (Å²) in [6.45, 7) is 0. The Hall–Kier alpha value is -2.78. The molecule has 1 aliphatic rings. The average molecular weight is 429 g/mol. The molecule has 2 aromatic carbocycles. The minimum atomic E-state index is -5.33. The van der Waals surface area contributed by atoms with E-state index in [1.807, 2.05) is 0 Å². The Balaban J connectivity index is 2.14. The number of Topliss-reactive ketones (excluding diaryl/α,β-unsaturated/α-hetero) is 1. The van der Waals surface area contributed by atoms with Crippen molar-refractivity contribution in [2.24, 2.45) is 5.92 Å². The average Bonchev–Trinajstić information content (AvgIpc) is 2.66. The van der Waals surface area contributed by atoms with Gasteiger partial charge in [0, 0.05) is 10.6 Å². The Morgan fingerprint density at radius 2 is 1.86 bits per heavy atom. The minimum absolute atomic E-state index is 0.0940. The van der Waals surface area contributed by atoms with Crippen LogP contribution in [0.25, 0.3) is 0 Å². The van der Waals surface area contributed by atoms with Crippen LogP contribution >= 0.6 is 11.6 Å². The molecule has 1 saturated heterocycles. The van der Waals surface area contributed by atoms with Crippen LogP contribution in [0.3, 0.4) is 0 Å². The first kappa shape index (κ1) is 20.9. The molecule has 1 aliphatic heterocycles. The van der Waals surface area contributed by atoms with Crippen LogP contribution in [0.2, 0.25) is 5.02 Å². The van der Waals surface area contributed by atoms with Gasteiger partial charge in [-0.1, -0.05) is 23.7 Å². The zero-order chi connectivity index (χ0) is 21.4. The van der Waals surface area contributed by atoms with E-state index in [1.54, 1.807) is 0 Å². The van der Waals surface area contributed by atoms with E-state index in [4.69, 9.17) is 16.3 Å². The maximum atomic E-state index is 13.8. The van der Waals surface area contributed by atoms with Gasteiger partial charge in [0.1, 0.15) is 11.7 Å². The third-order valence-corrected chi connectivity index (χ3v) is 4.91. The molecule has 0 radical (unpaired) electrons. The number of urea groups is 1. The highest BCUT2D eigenvalue weighted by Crippen LogP contribution is 2.44. The van der Waals surface area contributed by atoms with Crippen LogP contribution < -0.4 is 15.4 Å². The summed E-state index contributed by atoms with van der Waals surface area (Å²) in [4.78, 5) is 25.1. The second kappa shape index (κ2) is 7.57. The molecule has 0 spiro atoms. The lowest BCUT2D eigenvalue weighted by Crippen LogP contribution is -2.72. The van der Waals surface area contributed by atoms with Gasteiger partial charge in [-0.25, -0.2) is 4.79 Å². The number of aliphatic hydroxyl groups is 1. The lowest BCUT2D eigenvalue weighted by atomic mass is 9.77. The summed E-state index contributed by atoms with van der Waals surface area (Å²) in [6, 6.07) is 8.31. The van der Waals surface area contributed by atoms with Crippen molar-refractivity contribution in [1.29, 1.82) is 0 Å². The zero-order valence-electron chi connectivity index (χ0n) is 15.0. The Labute approximate surface area is 168 Å². The van der Waals surface area contributed by atoms with Crippen molar-refractivity contribution in [2.45, 2.75) is 17.9 Å². The summed E-state index contributed by atoms with van der Waals surface area (Å²) < 4.78 is 46.4. The molecule has 154 valence electrons. The van der Waals surface area contributed by atoms with Crippen molar-refractivity contribution in [3.8, 4) is 5.75 Å². The summed E-state index contributed by atoms with van der Waals surface area (Å²) in [5, 5.41) is 14.5. The lowest BCUT2D eigenvalue weighted by Gasteiger charge is -2.45. The molecule has 0 saturated carbocycles. The summed E-state index contributed by atoms with van der Waals surface area (Å²) in [7, 11) is 1.40. The number of alkyl halides is 3. The van der Waals surface area contributed by atoms with Crippen molar-refractivity contribution in [3.05, 3.63) is 64.7 Å². The number of rotatable bonds is 4. The number of carbonyl (C=O) groups is 2. The number of carbonyl (C=O) groups excluding carboxylic acids is 2. The smallest absolute Gasteiger partial charge is 0.437 e. The fraction of sp³-hybridized carbons (Fsp3) is 0.263. The van der Waals surface area contributed by atoms with Gasteiger partial charge in [0.2, 0.25) is 5.72 Å². The number of benzene rings is 2. The summed E-state index contributed by atoms with van der Waals surface area (Å²) in [5.41, 5.74) is -3.75. The van der Waals surface area contributed by atoms with E-state index in [0.717, 1.165) is 0 Å². The van der Waals surface area contributed by atoms with Crippen LogP contribution in [0, 0.1) is 5.92 Å². The monoisotopic (exact) mass is 428 g/mol. The van der Waals surface area contributed by atoms with Gasteiger partial charge in [-0.05, 0) is 42.0 Å². The van der Waals surface area contributed by atoms with Crippen molar-refractivity contribution < 1.29 is 32.6 Å². The van der Waals surface area contributed by atoms with Crippen LogP contribution in [0.5, 0.6) is 5.75 Å². The third kappa shape index (κ3) is 3.88. The van der Waals surface area contributed by atoms with Gasteiger partial charge in [-0.15, -0.1) is 0 Å². The van der Waals surface area contributed by atoms with Gasteiger partial charge in [0.15, 0.2) is 5.78 Å². The highest BCUT2D eigenvalue weighted by molar-refractivity contribution is 6.30. The van der Waals surface area contributed by atoms with Crippen LogP contribution in [0.15, 0.2) is 48.5 Å². The van der Waals surface area contributed by atoms with Crippen molar-refractivity contribution >= 4 is 23.4 Å². The molecule has 3 N–H and O–H groups in total. The Morgan fingerprint density at radius 3 is 2.41 bits per heavy atom. The summed E-state index contributed by atoms with van der Waals surface area (Å²) in [6.07, 6.45) is -5.33. The van der Waals surface area contributed by atoms with Crippen molar-refractivity contribution in [3.63, 3.8) is 0 Å². The molecule has 1 heterocycles. The third-order valence-electron chi connectivity index (χ3n) is 4.67. The fourth-order valence-electron chi connectivity index (χ4n) is 3.25. The SMILES string of the molecule is COc1ccc(C(=O)C2C(c3cccc(Cl)c3)NC(=O)NC2(O)C(F)(F)F)cc1. The number of ketones is 1. The molecule has 0 aliphatic carbocycles. The lowest BCUT2D eigenvalue weighted by molar-refractivity contribution is -0.287. The van der Waals surface area contributed by atoms with Gasteiger partial charge >= 0.3 is 12.2 Å². The molecular formula is C19H16ClF3N2O4. The molecule has 3 atom stereocenters. The van der Waals surface area contributed by atoms with E-state index in [-0.39, 0.29) is 16.1 Å². The molecule has 3 unspecified atom stereocenters. The van der Waals surface area contributed by atoms with E-state index >= 15 is 0 Å². The first-order valence-corrected chi connectivity index (χ1v) is 8.76. The molecule has 10 heteroatoms. The zero-order valence-corrected chi connectivity index (χ0v) is 15.7. The summed E-state index contributed by atoms with van der Waals surface area (Å²) in [5.74, 6) is -2.74. The largest absolute Gasteiger partial charge is 0.497 e. The highest BCUT2D eigenvalue weighted by Gasteiger charge is 2.66. The predicted molar refractivity (Wildman–Crippen MR) is 97.7 cm³/mol. The Kier molecular flexibility index (Phi) is 5.46. The van der Waals surface area contributed by atoms with Gasteiger partial charge in [0.25, 0.3) is 0 Å². The normalized spacial score (nSPS) is 24.4. The van der Waals surface area contributed by atoms with E-state index in [1.165, 1.54) is 61.0 Å². The first-order chi connectivity index (χ1) is 13.6. The number of ether oxygens (including phenoxy) is 1. The molecule has 3 rings (SSSR count). The Morgan fingerprint density at radius 1 is 1.21 bits per heavy atom. The maximum Gasteiger partial charge on any atom is 0.437 e. The first-order valence-electron chi connectivity index (χ1n) is 8.38. The number of hydrogen-bond donors (Lipinski definition) is 3. The van der Waals surface area contributed by atoms with Crippen LogP contribution in [-0.2, 0) is 0 Å². The second-order valence-electron chi connectivity index (χ2n) is 6.47. The van der Waals surface area contributed by atoms with E-state index in [9.17, 15) is 27.9 Å². The molecule has 0 aromatic heterocycles. The molecule has 0 bridgehead atoms. The van der Waals surface area contributed by atoms with Gasteiger partial charge in [-0.2, -0.15) is 13.2 Å². The van der Waals surface area contributed by atoms with Gasteiger partial charge < -0.3 is 20.5 Å². The predicted octanol–water partition coefficient (Wildman–Crippen LogP) is 3.45. The number of halogens is 4. The second-order valence-corrected chi connectivity index (χ2v) is 6.90. The fourth-order valence-corrected chi connectivity index (χ4v) is 3.45. The number of amides is 2. The number of hydrogen-bond acceptors (Lipinski definition) is 4. The van der Waals surface area contributed by atoms with E-state index in [2.05, 4.69) is 5.32 Å². The molecule has 6 nitrogen and oxygen atoms in total. The van der Waals surface area contributed by atoms with Gasteiger partial charge in [-0.3, -0.25) is 4.79 Å². The van der Waals surface area contributed by atoms with E-state index < -0.39 is 35.7 Å². The molecular weight excluding hydrogens is 413 g/mol. The van der Waals surface area contributed by atoms with Crippen molar-refractivity contribution in [2.75, 3.05) is 7.11 Å². The molecule has 2 amide bonds. The van der Waals surface area contributed by atoms with Gasteiger partial charge in [0.05, 0.1) is 13.2 Å². The minimum Gasteiger partial charge on any atom is -0.497 e. The van der Waals surface area contributed by atoms with Crippen LogP contribution in [0.1, 0.15) is 22.0 Å². The van der Waals surface area contributed by atoms with Crippen LogP contribution in [-0.4, -0.2) is 35.9 Å². The molecule has 1 fully saturated rings. The topological polar surface area (TPSA) is 87.7 Å². The van der Waals surface area contributed by atoms with Crippen LogP contribution in [0.4, 0.5) is 18.0 Å². The summed E-state index contributed by atoms with van der Waals surface area (Å²) >= 11 is 5.93. The van der Waals surface area contributed by atoms with E-state index in [0.29, 0.717) is 5.75 Å². The number of nitrogens with one attached hydrogen (secondary N) is 2. The number of methoxy groups -OCH3 is 1. The maximum absolute atomic E-state index is 13.8. The molecule has 2 aromatic rings. The Bertz CT molecular complexity index is 936. The quantitative estimate of drug-likeness (QED) is 0.651. The molecule has 29 heavy (non-hydrogen) atoms. The van der Waals surface area contributed by atoms with Crippen molar-refractivity contribution in [1.82, 2.24) is 10.6 Å². The standard InChI is InChI=1S/C19H16ClF3N2O4/c1-29-13-7-5-10(6-8-13)16(26)14-15(11-3-2-4-12(20)9-11)24-17(27)25-18(14,28)19(21,22)23/h2-9,14-15,28H,1H3,(H2,24,25,27).